The van der Waals surface area contributed by atoms with E-state index in [4.69, 9.17) is 12.2 Å². The molecule has 0 aliphatic rings. The molecule has 0 bridgehead atoms. The number of nitrogens with one attached hydrogen (secondary N) is 2. The number of thiocarbonyl (C=S) groups is 1. The van der Waals surface area contributed by atoms with Gasteiger partial charge in [0.15, 0.2) is 11.7 Å². The third-order valence-corrected chi connectivity index (χ3v) is 3.03. The average Bonchev–Trinajstić information content (AvgIpc) is 2.50. The number of anilines is 1. The van der Waals surface area contributed by atoms with Crippen LogP contribution in [0.15, 0.2) is 18.2 Å². The molecule has 140 valence electrons. The Labute approximate surface area is 146 Å². The van der Waals surface area contributed by atoms with E-state index >= 15 is 0 Å². The van der Waals surface area contributed by atoms with Gasteiger partial charge in [-0.15, -0.1) is 0 Å². The number of hydrogen-bond donors (Lipinski definition) is 2. The quantitative estimate of drug-likeness (QED) is 0.308. The van der Waals surface area contributed by atoms with Gasteiger partial charge in [0, 0.05) is 18.7 Å². The molecule has 0 fully saturated rings. The summed E-state index contributed by atoms with van der Waals surface area (Å²) in [5.41, 5.74) is -0.363. The summed E-state index contributed by atoms with van der Waals surface area (Å²) >= 11 is 5.01. The molecule has 0 aliphatic carbocycles. The number of alkyl halides is 4. The van der Waals surface area contributed by atoms with Crippen LogP contribution in [0.4, 0.5) is 28.9 Å². The Morgan fingerprint density at radius 1 is 1.36 bits per heavy atom. The number of halogens is 4. The number of nitrogens with zero attached hydrogens (tertiary/aromatic N) is 1. The van der Waals surface area contributed by atoms with Crippen LogP contribution in [0.1, 0.15) is 13.8 Å². The number of benzene rings is 1. The first kappa shape index (κ1) is 20.9. The van der Waals surface area contributed by atoms with E-state index in [1.807, 2.05) is 13.8 Å². The third kappa shape index (κ3) is 7.08. The van der Waals surface area contributed by atoms with Crippen LogP contribution in [0.5, 0.6) is 5.75 Å². The van der Waals surface area contributed by atoms with Gasteiger partial charge in [-0.05, 0) is 18.1 Å². The molecule has 6 nitrogen and oxygen atoms in total. The van der Waals surface area contributed by atoms with Crippen molar-refractivity contribution in [3.63, 3.8) is 0 Å². The molecule has 0 unspecified atom stereocenters. The molecule has 11 heteroatoms. The minimum atomic E-state index is -4.37. The maximum atomic E-state index is 12.9. The molecule has 1 aromatic carbocycles. The topological polar surface area (TPSA) is 76.4 Å². The highest BCUT2D eigenvalue weighted by molar-refractivity contribution is 7.80. The zero-order valence-electron chi connectivity index (χ0n) is 13.4. The van der Waals surface area contributed by atoms with E-state index < -0.39 is 29.6 Å². The van der Waals surface area contributed by atoms with Gasteiger partial charge in [0.25, 0.3) is 5.69 Å². The lowest BCUT2D eigenvalue weighted by molar-refractivity contribution is -0.384. The van der Waals surface area contributed by atoms with Crippen LogP contribution in [0.2, 0.25) is 0 Å². The fourth-order valence-electron chi connectivity index (χ4n) is 1.56. The lowest BCUT2D eigenvalue weighted by Gasteiger charge is -2.17. The van der Waals surface area contributed by atoms with E-state index in [0.29, 0.717) is 12.5 Å². The number of nitro groups is 1. The summed E-state index contributed by atoms with van der Waals surface area (Å²) in [6.07, 6.45) is -3.91. The van der Waals surface area contributed by atoms with E-state index in [1.165, 1.54) is 0 Å². The second-order valence-electron chi connectivity index (χ2n) is 5.55. The lowest BCUT2D eigenvalue weighted by Crippen LogP contribution is -2.33. The highest BCUT2D eigenvalue weighted by atomic mass is 32.1. The lowest BCUT2D eigenvalue weighted by atomic mass is 10.2. The molecule has 25 heavy (non-hydrogen) atoms. The molecule has 0 aliphatic heterocycles. The Morgan fingerprint density at radius 2 is 2.00 bits per heavy atom. The standard InChI is InChI=1S/C14H17F4N3O3S/c1-8(2)6-19-13(25)20-9-3-10(21(22)23)5-11(4-9)24-7-14(17,18)12(15)16/h3-5,8,12H,6-7H2,1-2H3,(H2,19,20,25). The van der Waals surface area contributed by atoms with Crippen LogP contribution in [-0.2, 0) is 0 Å². The molecule has 0 amide bonds. The van der Waals surface area contributed by atoms with E-state index in [-0.39, 0.29) is 16.5 Å². The molecule has 0 spiro atoms. The molecule has 0 heterocycles. The number of rotatable bonds is 8. The number of hydrogen-bond acceptors (Lipinski definition) is 4. The van der Waals surface area contributed by atoms with Crippen LogP contribution in [0, 0.1) is 16.0 Å². The summed E-state index contributed by atoms with van der Waals surface area (Å²) in [5.74, 6) is -4.43. The highest BCUT2D eigenvalue weighted by Gasteiger charge is 2.41. The summed E-state index contributed by atoms with van der Waals surface area (Å²) in [7, 11) is 0. The number of ether oxygens (including phenoxy) is 1. The average molecular weight is 383 g/mol. The van der Waals surface area contributed by atoms with Gasteiger partial charge in [-0.25, -0.2) is 8.78 Å². The second kappa shape index (κ2) is 8.79. The van der Waals surface area contributed by atoms with E-state index in [0.717, 1.165) is 18.2 Å². The molecular weight excluding hydrogens is 366 g/mol. The molecule has 2 N–H and O–H groups in total. The fraction of sp³-hybridized carbons (Fsp3) is 0.500. The van der Waals surface area contributed by atoms with Crippen LogP contribution >= 0.6 is 12.2 Å². The first-order valence-electron chi connectivity index (χ1n) is 7.14. The third-order valence-electron chi connectivity index (χ3n) is 2.78. The van der Waals surface area contributed by atoms with Gasteiger partial charge in [0.05, 0.1) is 16.7 Å². The monoisotopic (exact) mass is 383 g/mol. The van der Waals surface area contributed by atoms with Crippen molar-refractivity contribution < 1.29 is 27.2 Å². The van der Waals surface area contributed by atoms with Crippen molar-refractivity contribution in [3.8, 4) is 5.75 Å². The van der Waals surface area contributed by atoms with Gasteiger partial charge in [-0.2, -0.15) is 8.78 Å². The number of non-ortho nitro benzene ring substituents is 1. The second-order valence-corrected chi connectivity index (χ2v) is 5.96. The van der Waals surface area contributed by atoms with Crippen LogP contribution in [-0.4, -0.2) is 35.5 Å². The summed E-state index contributed by atoms with van der Waals surface area (Å²) in [5, 5.41) is 16.6. The Bertz CT molecular complexity index is 629. The largest absolute Gasteiger partial charge is 0.487 e. The van der Waals surface area contributed by atoms with E-state index in [2.05, 4.69) is 15.4 Å². The Hall–Kier alpha value is -2.17. The molecule has 0 saturated heterocycles. The van der Waals surface area contributed by atoms with Gasteiger partial charge in [0.2, 0.25) is 0 Å². The van der Waals surface area contributed by atoms with Gasteiger partial charge in [-0.1, -0.05) is 13.8 Å². The Morgan fingerprint density at radius 3 is 2.52 bits per heavy atom. The van der Waals surface area contributed by atoms with Crippen molar-refractivity contribution in [2.75, 3.05) is 18.5 Å². The first-order valence-corrected chi connectivity index (χ1v) is 7.55. The molecule has 0 aromatic heterocycles. The molecule has 1 aromatic rings. The number of nitro benzene ring substituents is 1. The predicted molar refractivity (Wildman–Crippen MR) is 88.6 cm³/mol. The summed E-state index contributed by atoms with van der Waals surface area (Å²) < 4.78 is 54.7. The van der Waals surface area contributed by atoms with Crippen LogP contribution < -0.4 is 15.4 Å². The van der Waals surface area contributed by atoms with E-state index in [9.17, 15) is 27.7 Å². The normalized spacial score (nSPS) is 11.5. The SMILES string of the molecule is CC(C)CNC(=S)Nc1cc(OCC(F)(F)C(F)F)cc([N+](=O)[O-])c1. The van der Waals surface area contributed by atoms with Crippen LogP contribution in [0.25, 0.3) is 0 Å². The Kier molecular flexibility index (Phi) is 7.34. The van der Waals surface area contributed by atoms with Gasteiger partial charge in [0.1, 0.15) is 5.75 Å². The molecular formula is C14H17F4N3O3S. The summed E-state index contributed by atoms with van der Waals surface area (Å²) in [6, 6.07) is 3.12. The summed E-state index contributed by atoms with van der Waals surface area (Å²) in [4.78, 5) is 10.2. The minimum absolute atomic E-state index is 0.103. The smallest absolute Gasteiger partial charge is 0.340 e. The van der Waals surface area contributed by atoms with Crippen molar-refractivity contribution in [1.82, 2.24) is 5.32 Å². The van der Waals surface area contributed by atoms with Gasteiger partial charge in [-0.3, -0.25) is 10.1 Å². The zero-order chi connectivity index (χ0) is 19.2. The molecule has 0 radical (unpaired) electrons. The maximum absolute atomic E-state index is 12.9. The molecule has 0 saturated carbocycles. The highest BCUT2D eigenvalue weighted by Crippen LogP contribution is 2.29. The maximum Gasteiger partial charge on any atom is 0.340 e. The van der Waals surface area contributed by atoms with E-state index in [1.54, 1.807) is 0 Å². The molecule has 0 atom stereocenters. The van der Waals surface area contributed by atoms with Gasteiger partial charge >= 0.3 is 12.3 Å². The fourth-order valence-corrected chi connectivity index (χ4v) is 1.76. The van der Waals surface area contributed by atoms with Crippen LogP contribution in [0.3, 0.4) is 0 Å². The van der Waals surface area contributed by atoms with Gasteiger partial charge < -0.3 is 15.4 Å². The summed E-state index contributed by atoms with van der Waals surface area (Å²) in [6.45, 7) is 2.82. The first-order chi connectivity index (χ1) is 11.5. The zero-order valence-corrected chi connectivity index (χ0v) is 14.2. The molecule has 1 rings (SSSR count). The minimum Gasteiger partial charge on any atom is -0.487 e. The van der Waals surface area contributed by atoms with Crippen molar-refractivity contribution >= 4 is 28.7 Å². The van der Waals surface area contributed by atoms with Crippen molar-refractivity contribution in [1.29, 1.82) is 0 Å². The van der Waals surface area contributed by atoms with Crippen molar-refractivity contribution in [2.45, 2.75) is 26.2 Å². The van der Waals surface area contributed by atoms with Crippen molar-refractivity contribution in [3.05, 3.63) is 28.3 Å². The predicted octanol–water partition coefficient (Wildman–Crippen LogP) is 3.82. The van der Waals surface area contributed by atoms with Crippen molar-refractivity contribution in [2.24, 2.45) is 5.92 Å². The Balaban J connectivity index is 2.90.